The summed E-state index contributed by atoms with van der Waals surface area (Å²) < 4.78 is 5.60. The van der Waals surface area contributed by atoms with Gasteiger partial charge in [0, 0.05) is 23.0 Å². The molecule has 0 aliphatic rings. The Bertz CT molecular complexity index is 596. The third-order valence-corrected chi connectivity index (χ3v) is 3.13. The molecule has 0 saturated heterocycles. The lowest BCUT2D eigenvalue weighted by Gasteiger charge is -2.11. The zero-order chi connectivity index (χ0) is 14.4. The first kappa shape index (κ1) is 14.2. The van der Waals surface area contributed by atoms with Gasteiger partial charge in [0.1, 0.15) is 5.75 Å². The molecule has 0 fully saturated rings. The first-order chi connectivity index (χ1) is 9.72. The second-order valence-corrected chi connectivity index (χ2v) is 4.69. The van der Waals surface area contributed by atoms with Gasteiger partial charge in [0.25, 0.3) is 5.91 Å². The second kappa shape index (κ2) is 6.80. The molecule has 0 aliphatic carbocycles. The summed E-state index contributed by atoms with van der Waals surface area (Å²) in [6, 6.07) is 11.3. The molecule has 0 radical (unpaired) electrons. The lowest BCUT2D eigenvalue weighted by molar-refractivity contribution is -0.123. The number of anilines is 1. The van der Waals surface area contributed by atoms with Crippen LogP contribution >= 0.6 is 0 Å². The summed E-state index contributed by atoms with van der Waals surface area (Å²) in [5.74, 6) is 0.583. The van der Waals surface area contributed by atoms with Crippen LogP contribution in [0.2, 0.25) is 0 Å². The van der Waals surface area contributed by atoms with Crippen molar-refractivity contribution in [1.82, 2.24) is 5.32 Å². The number of nitrogens with one attached hydrogen (secondary N) is 1. The Balaban J connectivity index is 2.03. The molecule has 4 nitrogen and oxygen atoms in total. The van der Waals surface area contributed by atoms with Crippen LogP contribution in [0, 0.1) is 0 Å². The second-order valence-electron chi connectivity index (χ2n) is 4.69. The SMILES string of the molecule is CCCCNC(=O)COc1ccc(N)c2ccccc12. The third kappa shape index (κ3) is 3.41. The van der Waals surface area contributed by atoms with Crippen molar-refractivity contribution in [3.05, 3.63) is 36.4 Å². The van der Waals surface area contributed by atoms with Crippen LogP contribution in [0.15, 0.2) is 36.4 Å². The van der Waals surface area contributed by atoms with Crippen molar-refractivity contribution in [2.75, 3.05) is 18.9 Å². The van der Waals surface area contributed by atoms with E-state index < -0.39 is 0 Å². The van der Waals surface area contributed by atoms with Gasteiger partial charge in [0.15, 0.2) is 6.61 Å². The van der Waals surface area contributed by atoms with E-state index in [1.54, 1.807) is 12.1 Å². The summed E-state index contributed by atoms with van der Waals surface area (Å²) in [5.41, 5.74) is 6.64. The average molecular weight is 272 g/mol. The number of carbonyl (C=O) groups excluding carboxylic acids is 1. The third-order valence-electron chi connectivity index (χ3n) is 3.13. The molecule has 3 N–H and O–H groups in total. The van der Waals surface area contributed by atoms with Crippen LogP contribution in [0.4, 0.5) is 5.69 Å². The molecule has 0 bridgehead atoms. The van der Waals surface area contributed by atoms with Gasteiger partial charge in [0.2, 0.25) is 0 Å². The maximum Gasteiger partial charge on any atom is 0.257 e. The Morgan fingerprint density at radius 1 is 1.20 bits per heavy atom. The van der Waals surface area contributed by atoms with Crippen LogP contribution in [0.1, 0.15) is 19.8 Å². The van der Waals surface area contributed by atoms with Gasteiger partial charge in [-0.25, -0.2) is 0 Å². The molecule has 2 aromatic rings. The van der Waals surface area contributed by atoms with E-state index in [-0.39, 0.29) is 12.5 Å². The lowest BCUT2D eigenvalue weighted by Crippen LogP contribution is -2.29. The standard InChI is InChI=1S/C16H20N2O2/c1-2-3-10-18-16(19)11-20-15-9-8-14(17)12-6-4-5-7-13(12)15/h4-9H,2-3,10-11,17H2,1H3,(H,18,19). The van der Waals surface area contributed by atoms with Gasteiger partial charge >= 0.3 is 0 Å². The largest absolute Gasteiger partial charge is 0.483 e. The highest BCUT2D eigenvalue weighted by molar-refractivity contribution is 5.97. The van der Waals surface area contributed by atoms with Crippen molar-refractivity contribution in [3.63, 3.8) is 0 Å². The van der Waals surface area contributed by atoms with E-state index in [9.17, 15) is 4.79 Å². The van der Waals surface area contributed by atoms with E-state index in [0.29, 0.717) is 18.0 Å². The minimum absolute atomic E-state index is 0.0254. The molecule has 106 valence electrons. The minimum Gasteiger partial charge on any atom is -0.483 e. The monoisotopic (exact) mass is 272 g/mol. The van der Waals surface area contributed by atoms with Gasteiger partial charge in [0.05, 0.1) is 0 Å². The Hall–Kier alpha value is -2.23. The molecule has 20 heavy (non-hydrogen) atoms. The van der Waals surface area contributed by atoms with Gasteiger partial charge in [-0.05, 0) is 18.6 Å². The molecule has 0 aromatic heterocycles. The highest BCUT2D eigenvalue weighted by atomic mass is 16.5. The number of hydrogen-bond donors (Lipinski definition) is 2. The van der Waals surface area contributed by atoms with E-state index >= 15 is 0 Å². The Labute approximate surface area is 118 Å². The quantitative estimate of drug-likeness (QED) is 0.627. The molecule has 0 aliphatic heterocycles. The van der Waals surface area contributed by atoms with E-state index in [1.165, 1.54) is 0 Å². The summed E-state index contributed by atoms with van der Waals surface area (Å²) in [6.45, 7) is 2.81. The summed E-state index contributed by atoms with van der Waals surface area (Å²) in [4.78, 5) is 11.6. The molecule has 2 rings (SSSR count). The number of amides is 1. The number of benzene rings is 2. The number of nitrogens with two attached hydrogens (primary N) is 1. The zero-order valence-corrected chi connectivity index (χ0v) is 11.7. The Morgan fingerprint density at radius 2 is 1.95 bits per heavy atom. The predicted molar refractivity (Wildman–Crippen MR) is 81.8 cm³/mol. The van der Waals surface area contributed by atoms with Crippen molar-refractivity contribution in [2.45, 2.75) is 19.8 Å². The fourth-order valence-corrected chi connectivity index (χ4v) is 2.02. The van der Waals surface area contributed by atoms with Crippen molar-refractivity contribution in [1.29, 1.82) is 0 Å². The maximum absolute atomic E-state index is 11.6. The van der Waals surface area contributed by atoms with Crippen LogP contribution in [0.3, 0.4) is 0 Å². The first-order valence-electron chi connectivity index (χ1n) is 6.89. The topological polar surface area (TPSA) is 64.3 Å². The first-order valence-corrected chi connectivity index (χ1v) is 6.89. The molecule has 0 spiro atoms. The van der Waals surface area contributed by atoms with E-state index in [0.717, 1.165) is 23.6 Å². The number of carbonyl (C=O) groups is 1. The van der Waals surface area contributed by atoms with Crippen molar-refractivity contribution >= 4 is 22.4 Å². The number of hydrogen-bond acceptors (Lipinski definition) is 3. The fraction of sp³-hybridized carbons (Fsp3) is 0.312. The molecule has 0 unspecified atom stereocenters. The van der Waals surface area contributed by atoms with Crippen molar-refractivity contribution in [2.24, 2.45) is 0 Å². The molecular formula is C16H20N2O2. The van der Waals surface area contributed by atoms with E-state index in [2.05, 4.69) is 12.2 Å². The number of nitrogen functional groups attached to an aromatic ring is 1. The molecule has 2 aromatic carbocycles. The summed E-state index contributed by atoms with van der Waals surface area (Å²) in [5, 5.41) is 4.69. The molecule has 0 heterocycles. The van der Waals surface area contributed by atoms with Crippen molar-refractivity contribution < 1.29 is 9.53 Å². The molecule has 0 saturated carbocycles. The maximum atomic E-state index is 11.6. The number of fused-ring (bicyclic) bond motifs is 1. The predicted octanol–water partition coefficient (Wildman–Crippen LogP) is 2.72. The normalized spacial score (nSPS) is 10.4. The van der Waals surface area contributed by atoms with E-state index in [4.69, 9.17) is 10.5 Å². The number of ether oxygens (including phenoxy) is 1. The van der Waals surface area contributed by atoms with Gasteiger partial charge in [-0.3, -0.25) is 4.79 Å². The molecule has 0 atom stereocenters. The zero-order valence-electron chi connectivity index (χ0n) is 11.7. The minimum atomic E-state index is -0.0978. The van der Waals surface area contributed by atoms with Crippen molar-refractivity contribution in [3.8, 4) is 5.75 Å². The van der Waals surface area contributed by atoms with E-state index in [1.807, 2.05) is 24.3 Å². The van der Waals surface area contributed by atoms with Crippen LogP contribution in [-0.4, -0.2) is 19.1 Å². The summed E-state index contributed by atoms with van der Waals surface area (Å²) in [7, 11) is 0. The summed E-state index contributed by atoms with van der Waals surface area (Å²) >= 11 is 0. The molecular weight excluding hydrogens is 252 g/mol. The van der Waals surface area contributed by atoms with Gasteiger partial charge < -0.3 is 15.8 Å². The highest BCUT2D eigenvalue weighted by Gasteiger charge is 2.07. The smallest absolute Gasteiger partial charge is 0.257 e. The molecule has 1 amide bonds. The lowest BCUT2D eigenvalue weighted by atomic mass is 10.1. The Morgan fingerprint density at radius 3 is 2.70 bits per heavy atom. The van der Waals surface area contributed by atoms with Crippen LogP contribution in [-0.2, 0) is 4.79 Å². The van der Waals surface area contributed by atoms with Crippen LogP contribution in [0.5, 0.6) is 5.75 Å². The van der Waals surface area contributed by atoms with Crippen LogP contribution < -0.4 is 15.8 Å². The van der Waals surface area contributed by atoms with Gasteiger partial charge in [-0.2, -0.15) is 0 Å². The van der Waals surface area contributed by atoms with Crippen LogP contribution in [0.25, 0.3) is 10.8 Å². The average Bonchev–Trinajstić information content (AvgIpc) is 2.47. The Kier molecular flexibility index (Phi) is 4.82. The summed E-state index contributed by atoms with van der Waals surface area (Å²) in [6.07, 6.45) is 2.04. The van der Waals surface area contributed by atoms with Gasteiger partial charge in [-0.15, -0.1) is 0 Å². The number of rotatable bonds is 6. The van der Waals surface area contributed by atoms with Gasteiger partial charge in [-0.1, -0.05) is 37.6 Å². The fourth-order valence-electron chi connectivity index (χ4n) is 2.02. The molecule has 4 heteroatoms. The highest BCUT2D eigenvalue weighted by Crippen LogP contribution is 2.29. The number of unbranched alkanes of at least 4 members (excludes halogenated alkanes) is 1.